The van der Waals surface area contributed by atoms with Crippen LogP contribution in [0, 0.1) is 0 Å². The summed E-state index contributed by atoms with van der Waals surface area (Å²) in [5.41, 5.74) is 0. The van der Waals surface area contributed by atoms with E-state index in [1.807, 2.05) is 0 Å². The number of rotatable bonds is 0. The van der Waals surface area contributed by atoms with Crippen LogP contribution in [0.1, 0.15) is 6.92 Å². The molecule has 1 aliphatic rings. The highest BCUT2D eigenvalue weighted by molar-refractivity contribution is 7.87. The zero-order valence-corrected chi connectivity index (χ0v) is 7.42. The first-order valence-corrected chi connectivity index (χ1v) is 4.54. The Morgan fingerprint density at radius 3 is 1.91 bits per heavy atom. The Morgan fingerprint density at radius 2 is 1.82 bits per heavy atom. The minimum atomic E-state index is -3.48. The van der Waals surface area contributed by atoms with Crippen molar-refractivity contribution in [2.24, 2.45) is 0 Å². The molecule has 0 radical (unpaired) electrons. The van der Waals surface area contributed by atoms with Gasteiger partial charge in [-0.1, -0.05) is 0 Å². The number of amides is 1. The second-order valence-corrected chi connectivity index (χ2v) is 4.53. The summed E-state index contributed by atoms with van der Waals surface area (Å²) >= 11 is 0. The van der Waals surface area contributed by atoms with Crippen LogP contribution in [0.2, 0.25) is 0 Å². The molecule has 0 aromatic heterocycles. The summed E-state index contributed by atoms with van der Waals surface area (Å²) in [6, 6.07) is -0.565. The summed E-state index contributed by atoms with van der Waals surface area (Å²) in [6.07, 6.45) is 0. The van der Waals surface area contributed by atoms with Crippen LogP contribution in [0.5, 0.6) is 0 Å². The second kappa shape index (κ2) is 2.18. The van der Waals surface area contributed by atoms with Gasteiger partial charge in [0.2, 0.25) is 0 Å². The van der Waals surface area contributed by atoms with E-state index in [1.165, 1.54) is 14.1 Å². The van der Waals surface area contributed by atoms with E-state index in [9.17, 15) is 13.2 Å². The van der Waals surface area contributed by atoms with Gasteiger partial charge in [-0.25, -0.2) is 4.31 Å². The van der Waals surface area contributed by atoms with Crippen molar-refractivity contribution in [2.45, 2.75) is 13.0 Å². The van der Waals surface area contributed by atoms with Crippen molar-refractivity contribution in [3.63, 3.8) is 0 Å². The number of carbonyl (C=O) groups is 1. The van der Waals surface area contributed by atoms with Gasteiger partial charge in [0.05, 0.1) is 0 Å². The fraction of sp³-hybridized carbons (Fsp3) is 0.800. The molecule has 1 rings (SSSR count). The van der Waals surface area contributed by atoms with E-state index in [-0.39, 0.29) is 5.91 Å². The topological polar surface area (TPSA) is 57.7 Å². The highest BCUT2D eigenvalue weighted by Crippen LogP contribution is 2.18. The van der Waals surface area contributed by atoms with Gasteiger partial charge < -0.3 is 0 Å². The molecular formula is C5H10N2O3S. The lowest BCUT2D eigenvalue weighted by atomic mass is 10.3. The van der Waals surface area contributed by atoms with Crippen LogP contribution in [0.4, 0.5) is 0 Å². The van der Waals surface area contributed by atoms with E-state index in [0.29, 0.717) is 0 Å². The lowest BCUT2D eigenvalue weighted by Crippen LogP contribution is -2.29. The van der Waals surface area contributed by atoms with Crippen LogP contribution in [0.25, 0.3) is 0 Å². The SMILES string of the molecule is CC1C(=O)N(C)S(=O)(=O)N1C. The molecule has 1 heterocycles. The molecule has 1 atom stereocenters. The van der Waals surface area contributed by atoms with E-state index >= 15 is 0 Å². The number of hydrogen-bond acceptors (Lipinski definition) is 3. The van der Waals surface area contributed by atoms with Gasteiger partial charge in [-0.3, -0.25) is 4.79 Å². The van der Waals surface area contributed by atoms with Gasteiger partial charge in [-0.05, 0) is 6.92 Å². The van der Waals surface area contributed by atoms with E-state index in [0.717, 1.165) is 8.61 Å². The molecule has 0 aromatic rings. The quantitative estimate of drug-likeness (QED) is 0.479. The average Bonchev–Trinajstić information content (AvgIpc) is 2.06. The third kappa shape index (κ3) is 0.935. The smallest absolute Gasteiger partial charge is 0.272 e. The molecule has 1 amide bonds. The molecule has 0 bridgehead atoms. The Morgan fingerprint density at radius 1 is 1.36 bits per heavy atom. The monoisotopic (exact) mass is 178 g/mol. The third-order valence-corrected chi connectivity index (χ3v) is 3.84. The van der Waals surface area contributed by atoms with Crippen LogP contribution in [-0.4, -0.2) is 43.1 Å². The molecule has 1 unspecified atom stereocenters. The highest BCUT2D eigenvalue weighted by Gasteiger charge is 2.43. The van der Waals surface area contributed by atoms with Crippen LogP contribution in [0.15, 0.2) is 0 Å². The van der Waals surface area contributed by atoms with E-state index in [4.69, 9.17) is 0 Å². The standard InChI is InChI=1S/C5H10N2O3S/c1-4-5(8)7(3)11(9,10)6(4)2/h4H,1-3H3. The summed E-state index contributed by atoms with van der Waals surface area (Å²) in [4.78, 5) is 11.0. The van der Waals surface area contributed by atoms with E-state index < -0.39 is 16.3 Å². The maximum Gasteiger partial charge on any atom is 0.306 e. The summed E-state index contributed by atoms with van der Waals surface area (Å²) in [5.74, 6) is -0.382. The zero-order chi connectivity index (χ0) is 8.81. The molecule has 6 heteroatoms. The van der Waals surface area contributed by atoms with Gasteiger partial charge in [-0.2, -0.15) is 12.7 Å². The summed E-state index contributed by atoms with van der Waals surface area (Å²) in [6.45, 7) is 1.56. The average molecular weight is 178 g/mol. The van der Waals surface area contributed by atoms with Gasteiger partial charge in [0.15, 0.2) is 0 Å². The Labute approximate surface area is 65.8 Å². The molecule has 0 saturated carbocycles. The Kier molecular flexibility index (Phi) is 1.68. The summed E-state index contributed by atoms with van der Waals surface area (Å²) in [7, 11) is -0.833. The second-order valence-electron chi connectivity index (χ2n) is 2.51. The van der Waals surface area contributed by atoms with Crippen molar-refractivity contribution in [3.05, 3.63) is 0 Å². The lowest BCUT2D eigenvalue weighted by Gasteiger charge is -2.10. The summed E-state index contributed by atoms with van der Waals surface area (Å²) in [5, 5.41) is 0. The molecule has 11 heavy (non-hydrogen) atoms. The van der Waals surface area contributed by atoms with Gasteiger partial charge in [0, 0.05) is 14.1 Å². The number of likely N-dealkylation sites (N-methyl/N-ethyl adjacent to an activating group) is 2. The molecular weight excluding hydrogens is 168 g/mol. The molecule has 5 nitrogen and oxygen atoms in total. The van der Waals surface area contributed by atoms with E-state index in [2.05, 4.69) is 0 Å². The summed E-state index contributed by atoms with van der Waals surface area (Å²) < 4.78 is 24.1. The largest absolute Gasteiger partial charge is 0.306 e. The van der Waals surface area contributed by atoms with Crippen LogP contribution in [-0.2, 0) is 15.0 Å². The highest BCUT2D eigenvalue weighted by atomic mass is 32.2. The van der Waals surface area contributed by atoms with Crippen LogP contribution >= 0.6 is 0 Å². The predicted molar refractivity (Wildman–Crippen MR) is 38.9 cm³/mol. The zero-order valence-electron chi connectivity index (χ0n) is 6.60. The number of hydrogen-bond donors (Lipinski definition) is 0. The maximum absolute atomic E-state index is 11.1. The first-order chi connectivity index (χ1) is 4.89. The van der Waals surface area contributed by atoms with Crippen molar-refractivity contribution in [2.75, 3.05) is 14.1 Å². The molecule has 0 spiro atoms. The predicted octanol–water partition coefficient (Wildman–Crippen LogP) is -0.976. The van der Waals surface area contributed by atoms with Crippen molar-refractivity contribution in [3.8, 4) is 0 Å². The van der Waals surface area contributed by atoms with Gasteiger partial charge in [0.25, 0.3) is 5.91 Å². The minimum absolute atomic E-state index is 0.382. The van der Waals surface area contributed by atoms with Crippen molar-refractivity contribution >= 4 is 16.1 Å². The molecule has 0 aromatic carbocycles. The number of carbonyl (C=O) groups excluding carboxylic acids is 1. The molecule has 0 N–H and O–H groups in total. The molecule has 0 aliphatic carbocycles. The van der Waals surface area contributed by atoms with E-state index in [1.54, 1.807) is 6.92 Å². The van der Waals surface area contributed by atoms with Gasteiger partial charge in [-0.15, -0.1) is 0 Å². The minimum Gasteiger partial charge on any atom is -0.272 e. The molecule has 1 aliphatic heterocycles. The molecule has 1 saturated heterocycles. The Bertz CT molecular complexity index is 284. The normalized spacial score (nSPS) is 31.4. The first kappa shape index (κ1) is 8.48. The Hall–Kier alpha value is -0.620. The van der Waals surface area contributed by atoms with Crippen molar-refractivity contribution in [1.82, 2.24) is 8.61 Å². The third-order valence-electron chi connectivity index (χ3n) is 1.92. The fourth-order valence-corrected chi connectivity index (χ4v) is 2.18. The molecule has 64 valence electrons. The van der Waals surface area contributed by atoms with Gasteiger partial charge >= 0.3 is 10.2 Å². The fourth-order valence-electron chi connectivity index (χ4n) is 0.925. The maximum atomic E-state index is 11.1. The first-order valence-electron chi connectivity index (χ1n) is 3.14. The number of nitrogens with zero attached hydrogens (tertiary/aromatic N) is 2. The lowest BCUT2D eigenvalue weighted by molar-refractivity contribution is -0.126. The molecule has 1 fully saturated rings. The van der Waals surface area contributed by atoms with Crippen LogP contribution in [0.3, 0.4) is 0 Å². The van der Waals surface area contributed by atoms with Gasteiger partial charge in [0.1, 0.15) is 6.04 Å². The van der Waals surface area contributed by atoms with Crippen molar-refractivity contribution in [1.29, 1.82) is 0 Å². The van der Waals surface area contributed by atoms with Crippen LogP contribution < -0.4 is 0 Å². The van der Waals surface area contributed by atoms with Crippen molar-refractivity contribution < 1.29 is 13.2 Å². The Balaban J connectivity index is 3.17.